The van der Waals surface area contributed by atoms with Crippen molar-refractivity contribution >= 4 is 12.2 Å². The molecular weight excluding hydrogens is 280 g/mol. The van der Waals surface area contributed by atoms with Crippen molar-refractivity contribution in [3.8, 4) is 11.5 Å². The van der Waals surface area contributed by atoms with Crippen LogP contribution in [0, 0.1) is 0 Å². The fraction of sp³-hybridized carbons (Fsp3) is 0.385. The smallest absolute Gasteiger partial charge is 0.433 e. The third-order valence-electron chi connectivity index (χ3n) is 2.36. The second-order valence-electron chi connectivity index (χ2n) is 3.83. The lowest BCUT2D eigenvalue weighted by atomic mass is 10.3. The molecule has 8 heteroatoms. The molecule has 2 N–H and O–H groups in total. The monoisotopic (exact) mass is 298 g/mol. The molecule has 0 unspecified atom stereocenters. The minimum Gasteiger partial charge on any atom is -0.497 e. The van der Waals surface area contributed by atoms with E-state index in [1.807, 2.05) is 0 Å². The summed E-state index contributed by atoms with van der Waals surface area (Å²) >= 11 is 0. The number of hydrogen-bond donors (Lipinski definition) is 2. The second-order valence-corrected chi connectivity index (χ2v) is 3.83. The van der Waals surface area contributed by atoms with Gasteiger partial charge in [-0.2, -0.15) is 5.06 Å². The van der Waals surface area contributed by atoms with Gasteiger partial charge in [0.15, 0.2) is 0 Å². The number of nitrogens with zero attached hydrogens (tertiary/aromatic N) is 1. The number of hydroxylamine groups is 2. The Hall–Kier alpha value is -2.48. The summed E-state index contributed by atoms with van der Waals surface area (Å²) in [6.07, 6.45) is -1.56. The maximum Gasteiger partial charge on any atom is 0.433 e. The largest absolute Gasteiger partial charge is 0.497 e. The van der Waals surface area contributed by atoms with Crippen molar-refractivity contribution in [2.45, 2.75) is 6.92 Å². The van der Waals surface area contributed by atoms with Crippen LogP contribution in [0.5, 0.6) is 11.5 Å². The van der Waals surface area contributed by atoms with Crippen LogP contribution in [0.1, 0.15) is 6.92 Å². The molecule has 0 aromatic heterocycles. The lowest BCUT2D eigenvalue weighted by molar-refractivity contribution is -0.0697. The molecule has 0 atom stereocenters. The Morgan fingerprint density at radius 1 is 1.33 bits per heavy atom. The number of hydrogen-bond acceptors (Lipinski definition) is 6. The third kappa shape index (κ3) is 6.00. The Morgan fingerprint density at radius 3 is 2.71 bits per heavy atom. The molecule has 0 bridgehead atoms. The highest BCUT2D eigenvalue weighted by Crippen LogP contribution is 2.18. The highest BCUT2D eigenvalue weighted by molar-refractivity contribution is 5.70. The molecule has 0 fully saturated rings. The quantitative estimate of drug-likeness (QED) is 0.470. The van der Waals surface area contributed by atoms with Crippen molar-refractivity contribution < 1.29 is 29.0 Å². The topological polar surface area (TPSA) is 97.3 Å². The molecule has 0 spiro atoms. The highest BCUT2D eigenvalue weighted by atomic mass is 16.6. The fourth-order valence-electron chi connectivity index (χ4n) is 1.30. The van der Waals surface area contributed by atoms with Gasteiger partial charge in [-0.15, -0.1) is 0 Å². The second kappa shape index (κ2) is 8.64. The summed E-state index contributed by atoms with van der Waals surface area (Å²) < 4.78 is 14.7. The zero-order valence-corrected chi connectivity index (χ0v) is 11.9. The molecule has 0 heterocycles. The van der Waals surface area contributed by atoms with Gasteiger partial charge in [-0.3, -0.25) is 5.21 Å². The molecule has 0 aliphatic rings. The molecule has 116 valence electrons. The van der Waals surface area contributed by atoms with Crippen molar-refractivity contribution in [2.75, 3.05) is 26.8 Å². The standard InChI is InChI=1S/C13H18N2O6/c1-3-15(18)13(17)20-8-7-14-12(16)21-11-6-4-5-10(9-11)19-2/h4-6,9,18H,3,7-8H2,1-2H3,(H,14,16). The molecule has 1 aromatic carbocycles. The first kappa shape index (κ1) is 16.6. The number of nitrogens with one attached hydrogen (secondary N) is 1. The Morgan fingerprint density at radius 2 is 2.05 bits per heavy atom. The van der Waals surface area contributed by atoms with E-state index in [2.05, 4.69) is 10.1 Å². The van der Waals surface area contributed by atoms with Gasteiger partial charge in [0.2, 0.25) is 0 Å². The zero-order chi connectivity index (χ0) is 15.7. The molecule has 0 saturated carbocycles. The summed E-state index contributed by atoms with van der Waals surface area (Å²) in [6, 6.07) is 6.57. The van der Waals surface area contributed by atoms with Crippen LogP contribution in [0.25, 0.3) is 0 Å². The first-order chi connectivity index (χ1) is 10.1. The van der Waals surface area contributed by atoms with Crippen LogP contribution in [0.15, 0.2) is 24.3 Å². The third-order valence-corrected chi connectivity index (χ3v) is 2.36. The van der Waals surface area contributed by atoms with Gasteiger partial charge in [-0.05, 0) is 19.1 Å². The van der Waals surface area contributed by atoms with Crippen LogP contribution in [-0.2, 0) is 4.74 Å². The number of methoxy groups -OCH3 is 1. The first-order valence-electron chi connectivity index (χ1n) is 6.29. The van der Waals surface area contributed by atoms with Crippen molar-refractivity contribution in [3.63, 3.8) is 0 Å². The number of amides is 2. The summed E-state index contributed by atoms with van der Waals surface area (Å²) in [5.41, 5.74) is 0. The number of carbonyl (C=O) groups is 2. The van der Waals surface area contributed by atoms with Gasteiger partial charge < -0.3 is 19.5 Å². The summed E-state index contributed by atoms with van der Waals surface area (Å²) in [7, 11) is 1.51. The van der Waals surface area contributed by atoms with E-state index in [4.69, 9.17) is 14.7 Å². The Kier molecular flexibility index (Phi) is 6.82. The number of ether oxygens (including phenoxy) is 3. The molecular formula is C13H18N2O6. The molecule has 1 aromatic rings. The van der Waals surface area contributed by atoms with Crippen LogP contribution in [0.4, 0.5) is 9.59 Å². The Balaban J connectivity index is 2.26. The molecule has 1 rings (SSSR count). The number of carbonyl (C=O) groups excluding carboxylic acids is 2. The molecule has 21 heavy (non-hydrogen) atoms. The SMILES string of the molecule is CCN(O)C(=O)OCCNC(=O)Oc1cccc(OC)c1. The lowest BCUT2D eigenvalue weighted by Crippen LogP contribution is -2.33. The van der Waals surface area contributed by atoms with Crippen molar-refractivity contribution in [2.24, 2.45) is 0 Å². The van der Waals surface area contributed by atoms with E-state index >= 15 is 0 Å². The molecule has 0 saturated heterocycles. The summed E-state index contributed by atoms with van der Waals surface area (Å²) in [5.74, 6) is 0.896. The van der Waals surface area contributed by atoms with Crippen LogP contribution in [-0.4, -0.2) is 49.3 Å². The molecule has 2 amide bonds. The van der Waals surface area contributed by atoms with Crippen LogP contribution < -0.4 is 14.8 Å². The van der Waals surface area contributed by atoms with Gasteiger partial charge in [-0.1, -0.05) is 6.07 Å². The van der Waals surface area contributed by atoms with Crippen molar-refractivity contribution in [1.82, 2.24) is 10.4 Å². The zero-order valence-electron chi connectivity index (χ0n) is 11.9. The predicted octanol–water partition coefficient (Wildman–Crippen LogP) is 1.63. The van der Waals surface area contributed by atoms with Gasteiger partial charge in [0.05, 0.1) is 13.7 Å². The van der Waals surface area contributed by atoms with E-state index in [-0.39, 0.29) is 19.7 Å². The maximum atomic E-state index is 11.5. The van der Waals surface area contributed by atoms with E-state index in [0.29, 0.717) is 16.6 Å². The van der Waals surface area contributed by atoms with Gasteiger partial charge in [0.25, 0.3) is 0 Å². The summed E-state index contributed by atoms with van der Waals surface area (Å²) in [6.45, 7) is 1.68. The van der Waals surface area contributed by atoms with E-state index in [1.165, 1.54) is 7.11 Å². The fourth-order valence-corrected chi connectivity index (χ4v) is 1.30. The number of benzene rings is 1. The van der Waals surface area contributed by atoms with Crippen LogP contribution in [0.2, 0.25) is 0 Å². The Labute approximate surface area is 122 Å². The number of rotatable bonds is 6. The van der Waals surface area contributed by atoms with Crippen molar-refractivity contribution in [3.05, 3.63) is 24.3 Å². The van der Waals surface area contributed by atoms with E-state index in [0.717, 1.165) is 0 Å². The summed E-state index contributed by atoms with van der Waals surface area (Å²) in [5, 5.41) is 11.8. The Bertz CT molecular complexity index is 479. The minimum atomic E-state index is -0.875. The van der Waals surface area contributed by atoms with Gasteiger partial charge in [-0.25, -0.2) is 9.59 Å². The minimum absolute atomic E-state index is 0.0616. The van der Waals surface area contributed by atoms with Crippen LogP contribution >= 0.6 is 0 Å². The lowest BCUT2D eigenvalue weighted by Gasteiger charge is -2.12. The first-order valence-corrected chi connectivity index (χ1v) is 6.29. The molecule has 0 radical (unpaired) electrons. The summed E-state index contributed by atoms with van der Waals surface area (Å²) in [4.78, 5) is 22.5. The van der Waals surface area contributed by atoms with Gasteiger partial charge >= 0.3 is 12.2 Å². The van der Waals surface area contributed by atoms with Gasteiger partial charge in [0.1, 0.15) is 18.1 Å². The van der Waals surface area contributed by atoms with Gasteiger partial charge in [0, 0.05) is 12.6 Å². The molecule has 8 nitrogen and oxygen atoms in total. The van der Waals surface area contributed by atoms with E-state index < -0.39 is 12.2 Å². The van der Waals surface area contributed by atoms with Crippen molar-refractivity contribution in [1.29, 1.82) is 0 Å². The predicted molar refractivity (Wildman–Crippen MR) is 72.5 cm³/mol. The van der Waals surface area contributed by atoms with Crippen LogP contribution in [0.3, 0.4) is 0 Å². The maximum absolute atomic E-state index is 11.5. The highest BCUT2D eigenvalue weighted by Gasteiger charge is 2.10. The molecule has 0 aliphatic carbocycles. The van der Waals surface area contributed by atoms with E-state index in [1.54, 1.807) is 31.2 Å². The van der Waals surface area contributed by atoms with E-state index in [9.17, 15) is 9.59 Å². The molecule has 0 aliphatic heterocycles. The average Bonchev–Trinajstić information content (AvgIpc) is 2.50. The normalized spacial score (nSPS) is 9.67. The average molecular weight is 298 g/mol.